The van der Waals surface area contributed by atoms with Crippen LogP contribution in [0.25, 0.3) is 0 Å². The number of allylic oxidation sites excluding steroid dienone is 1. The maximum absolute atomic E-state index is 12.5. The maximum Gasteiger partial charge on any atom is 0.306 e. The minimum Gasteiger partial charge on any atom is -0.457 e. The zero-order chi connectivity index (χ0) is 34.6. The van der Waals surface area contributed by atoms with Gasteiger partial charge in [-0.25, -0.2) is 0 Å². The van der Waals surface area contributed by atoms with Crippen molar-refractivity contribution in [3.05, 3.63) is 11.6 Å². The third-order valence-electron chi connectivity index (χ3n) is 14.3. The summed E-state index contributed by atoms with van der Waals surface area (Å²) in [6, 6.07) is 0. The molecule has 4 rings (SSSR count). The van der Waals surface area contributed by atoms with Crippen molar-refractivity contribution in [2.45, 2.75) is 201 Å². The van der Waals surface area contributed by atoms with Gasteiger partial charge in [-0.3, -0.25) is 4.79 Å². The first-order chi connectivity index (χ1) is 23.1. The smallest absolute Gasteiger partial charge is 0.306 e. The Morgan fingerprint density at radius 3 is 2.21 bits per heavy atom. The molecule has 9 atom stereocenters. The van der Waals surface area contributed by atoms with Gasteiger partial charge in [0.2, 0.25) is 0 Å². The quantitative estimate of drug-likeness (QED) is 0.0707. The van der Waals surface area contributed by atoms with Crippen LogP contribution in [0.4, 0.5) is 0 Å². The van der Waals surface area contributed by atoms with Gasteiger partial charge < -0.3 is 14.6 Å². The molecule has 4 aliphatic rings. The molecule has 0 aromatic heterocycles. The first kappa shape index (κ1) is 39.9. The molecule has 0 bridgehead atoms. The molecule has 48 heavy (non-hydrogen) atoms. The number of rotatable bonds is 22. The largest absolute Gasteiger partial charge is 0.457 e. The molecule has 4 heteroatoms. The molecule has 0 heterocycles. The first-order valence-electron chi connectivity index (χ1n) is 21.2. The maximum atomic E-state index is 12.5. The van der Waals surface area contributed by atoms with E-state index >= 15 is 0 Å². The molecule has 0 aromatic rings. The fourth-order valence-electron chi connectivity index (χ4n) is 11.3. The lowest BCUT2D eigenvalue weighted by atomic mass is 9.47. The Bertz CT molecular complexity index is 973. The summed E-state index contributed by atoms with van der Waals surface area (Å²) in [5.74, 6) is 4.96. The summed E-state index contributed by atoms with van der Waals surface area (Å²) in [6.07, 6.45) is 31.0. The van der Waals surface area contributed by atoms with E-state index in [2.05, 4.69) is 47.6 Å². The average molecular weight is 671 g/mol. The molecule has 0 amide bonds. The predicted octanol–water partition coefficient (Wildman–Crippen LogP) is 12.0. The number of ether oxygens (including phenoxy) is 2. The standard InChI is InChI=1S/C44H78O4/c1-7-8-9-10-11-12-13-14-15-16-17-21-42(46)48-37(31-45)32-47-36-26-28-43(5)35(30-36)22-23-38-40-25-24-39(34(4)20-18-19-33(2)3)44(40,6)29-27-41(38)43/h22,33-34,36-41,45H,7-21,23-32H2,1-6H3/t34-,36?,37?,38?,39-,40?,41?,43+,44-/m1/s1. The lowest BCUT2D eigenvalue weighted by molar-refractivity contribution is -0.157. The summed E-state index contributed by atoms with van der Waals surface area (Å²) >= 11 is 0. The summed E-state index contributed by atoms with van der Waals surface area (Å²) < 4.78 is 12.0. The van der Waals surface area contributed by atoms with E-state index in [1.165, 1.54) is 116 Å². The van der Waals surface area contributed by atoms with Crippen LogP contribution < -0.4 is 0 Å². The molecule has 0 radical (unpaired) electrons. The van der Waals surface area contributed by atoms with Crippen LogP contribution in [0.5, 0.6) is 0 Å². The fraction of sp³-hybridized carbons (Fsp3) is 0.932. The Labute approximate surface area is 297 Å². The number of aliphatic hydroxyl groups excluding tert-OH is 1. The Kier molecular flexibility index (Phi) is 16.3. The minimum absolute atomic E-state index is 0.164. The highest BCUT2D eigenvalue weighted by molar-refractivity contribution is 5.69. The van der Waals surface area contributed by atoms with E-state index in [0.717, 1.165) is 61.2 Å². The van der Waals surface area contributed by atoms with E-state index in [9.17, 15) is 9.90 Å². The SMILES string of the molecule is CCCCCCCCCCCCCC(=O)OC(CO)COC1CC[C@@]2(C)C(=CCC3C2CC[C@@]2(C)C3CC[C@@H]2[C@H](C)CCCC(C)C)C1. The molecule has 4 aliphatic carbocycles. The van der Waals surface area contributed by atoms with Crippen molar-refractivity contribution >= 4 is 5.97 Å². The lowest BCUT2D eigenvalue weighted by Crippen LogP contribution is -2.51. The van der Waals surface area contributed by atoms with Crippen molar-refractivity contribution in [1.82, 2.24) is 0 Å². The third-order valence-corrected chi connectivity index (χ3v) is 14.3. The van der Waals surface area contributed by atoms with E-state index in [1.807, 2.05) is 0 Å². The van der Waals surface area contributed by atoms with Gasteiger partial charge in [-0.1, -0.05) is 137 Å². The molecule has 0 saturated heterocycles. The molecular weight excluding hydrogens is 592 g/mol. The third kappa shape index (κ3) is 10.6. The van der Waals surface area contributed by atoms with Crippen LogP contribution >= 0.6 is 0 Å². The zero-order valence-electron chi connectivity index (χ0n) is 32.5. The summed E-state index contributed by atoms with van der Waals surface area (Å²) in [5, 5.41) is 9.97. The number of aliphatic hydroxyl groups is 1. The number of carbonyl (C=O) groups excluding carboxylic acids is 1. The van der Waals surface area contributed by atoms with Gasteiger partial charge in [0.15, 0.2) is 0 Å². The number of carbonyl (C=O) groups is 1. The summed E-state index contributed by atoms with van der Waals surface area (Å²) in [7, 11) is 0. The Morgan fingerprint density at radius 2 is 1.54 bits per heavy atom. The predicted molar refractivity (Wildman–Crippen MR) is 201 cm³/mol. The Morgan fingerprint density at radius 1 is 0.854 bits per heavy atom. The van der Waals surface area contributed by atoms with Gasteiger partial charge in [-0.05, 0) is 104 Å². The summed E-state index contributed by atoms with van der Waals surface area (Å²) in [6.45, 7) is 15.0. The molecule has 0 aromatic carbocycles. The molecule has 3 saturated carbocycles. The van der Waals surface area contributed by atoms with Gasteiger partial charge in [0.1, 0.15) is 6.10 Å². The van der Waals surface area contributed by atoms with E-state index in [0.29, 0.717) is 23.9 Å². The highest BCUT2D eigenvalue weighted by Crippen LogP contribution is 2.67. The number of unbranched alkanes of at least 4 members (excludes halogenated alkanes) is 10. The van der Waals surface area contributed by atoms with Crippen molar-refractivity contribution in [2.75, 3.05) is 13.2 Å². The van der Waals surface area contributed by atoms with Crippen LogP contribution in [0, 0.1) is 46.3 Å². The summed E-state index contributed by atoms with van der Waals surface area (Å²) in [5.41, 5.74) is 2.47. The number of hydrogen-bond acceptors (Lipinski definition) is 4. The van der Waals surface area contributed by atoms with Gasteiger partial charge in [0.25, 0.3) is 0 Å². The zero-order valence-corrected chi connectivity index (χ0v) is 32.5. The first-order valence-corrected chi connectivity index (χ1v) is 21.2. The van der Waals surface area contributed by atoms with Crippen LogP contribution in [-0.2, 0) is 14.3 Å². The van der Waals surface area contributed by atoms with Crippen molar-refractivity contribution in [3.63, 3.8) is 0 Å². The Balaban J connectivity index is 1.16. The molecule has 278 valence electrons. The normalized spacial score (nSPS) is 32.7. The van der Waals surface area contributed by atoms with Gasteiger partial charge in [0, 0.05) is 6.42 Å². The van der Waals surface area contributed by atoms with Crippen LogP contribution in [0.3, 0.4) is 0 Å². The highest BCUT2D eigenvalue weighted by atomic mass is 16.6. The molecule has 5 unspecified atom stereocenters. The second-order valence-electron chi connectivity index (χ2n) is 18.1. The van der Waals surface area contributed by atoms with Crippen LogP contribution in [0.1, 0.15) is 189 Å². The highest BCUT2D eigenvalue weighted by Gasteiger charge is 2.59. The second-order valence-corrected chi connectivity index (χ2v) is 18.1. The summed E-state index contributed by atoms with van der Waals surface area (Å²) in [4.78, 5) is 12.5. The minimum atomic E-state index is -0.553. The van der Waals surface area contributed by atoms with Crippen LogP contribution in [0.2, 0.25) is 0 Å². The molecule has 1 N–H and O–H groups in total. The van der Waals surface area contributed by atoms with E-state index in [-0.39, 0.29) is 18.7 Å². The van der Waals surface area contributed by atoms with Crippen LogP contribution in [-0.4, -0.2) is 36.5 Å². The van der Waals surface area contributed by atoms with Crippen molar-refractivity contribution in [1.29, 1.82) is 0 Å². The average Bonchev–Trinajstić information content (AvgIpc) is 3.42. The van der Waals surface area contributed by atoms with Crippen molar-refractivity contribution < 1.29 is 19.4 Å². The topological polar surface area (TPSA) is 55.8 Å². The van der Waals surface area contributed by atoms with Gasteiger partial charge in [-0.15, -0.1) is 0 Å². The van der Waals surface area contributed by atoms with Gasteiger partial charge in [-0.2, -0.15) is 0 Å². The number of hydrogen-bond donors (Lipinski definition) is 1. The molecule has 0 spiro atoms. The van der Waals surface area contributed by atoms with Crippen molar-refractivity contribution in [2.24, 2.45) is 46.3 Å². The second kappa shape index (κ2) is 19.7. The Hall–Kier alpha value is -0.870. The lowest BCUT2D eigenvalue weighted by Gasteiger charge is -2.58. The molecule has 3 fully saturated rings. The van der Waals surface area contributed by atoms with Crippen molar-refractivity contribution in [3.8, 4) is 0 Å². The fourth-order valence-corrected chi connectivity index (χ4v) is 11.3. The number of fused-ring (bicyclic) bond motifs is 5. The molecular formula is C44H78O4. The monoisotopic (exact) mass is 671 g/mol. The van der Waals surface area contributed by atoms with E-state index in [4.69, 9.17) is 9.47 Å². The molecule has 4 nitrogen and oxygen atoms in total. The van der Waals surface area contributed by atoms with Gasteiger partial charge >= 0.3 is 5.97 Å². The number of esters is 1. The molecule has 0 aliphatic heterocycles. The van der Waals surface area contributed by atoms with E-state index < -0.39 is 6.10 Å². The van der Waals surface area contributed by atoms with Gasteiger partial charge in [0.05, 0.1) is 19.3 Å². The van der Waals surface area contributed by atoms with E-state index in [1.54, 1.807) is 5.57 Å². The van der Waals surface area contributed by atoms with Crippen LogP contribution in [0.15, 0.2) is 11.6 Å².